The average molecular weight is 192 g/mol. The van der Waals surface area contributed by atoms with Crippen LogP contribution in [0.25, 0.3) is 0 Å². The zero-order valence-electron chi connectivity index (χ0n) is 6.66. The summed E-state index contributed by atoms with van der Waals surface area (Å²) < 4.78 is 0. The molecule has 0 unspecified atom stereocenters. The number of rotatable bonds is 1. The number of nitrogens with zero attached hydrogens (tertiary/aromatic N) is 1. The first-order chi connectivity index (χ1) is 5.52. The van der Waals surface area contributed by atoms with Crippen LogP contribution in [0.2, 0.25) is 0 Å². The Hall–Kier alpha value is -0.770. The SMILES string of the molecule is CC(=O)N1C[C@@H](Cl)C[C@H]1C(=O)O. The fourth-order valence-electron chi connectivity index (χ4n) is 1.37. The second kappa shape index (κ2) is 3.31. The fourth-order valence-corrected chi connectivity index (χ4v) is 1.68. The molecule has 1 aliphatic rings. The highest BCUT2D eigenvalue weighted by atomic mass is 35.5. The molecule has 0 spiro atoms. The molecule has 0 aromatic heterocycles. The van der Waals surface area contributed by atoms with E-state index in [9.17, 15) is 9.59 Å². The molecule has 5 heteroatoms. The number of hydrogen-bond acceptors (Lipinski definition) is 2. The molecule has 2 atom stereocenters. The van der Waals surface area contributed by atoms with Crippen LogP contribution in [0, 0.1) is 0 Å². The Morgan fingerprint density at radius 1 is 1.58 bits per heavy atom. The maximum atomic E-state index is 10.9. The minimum atomic E-state index is -0.978. The molecule has 1 rings (SSSR count). The van der Waals surface area contributed by atoms with Crippen LogP contribution in [0.4, 0.5) is 0 Å². The summed E-state index contributed by atoms with van der Waals surface area (Å²) in [7, 11) is 0. The van der Waals surface area contributed by atoms with Gasteiger partial charge in [0.15, 0.2) is 0 Å². The summed E-state index contributed by atoms with van der Waals surface area (Å²) in [5.74, 6) is -1.21. The van der Waals surface area contributed by atoms with E-state index in [0.717, 1.165) is 0 Å². The minimum Gasteiger partial charge on any atom is -0.480 e. The predicted octanol–water partition coefficient (Wildman–Crippen LogP) is 0.299. The number of carbonyl (C=O) groups excluding carboxylic acids is 1. The quantitative estimate of drug-likeness (QED) is 0.607. The molecule has 1 aliphatic heterocycles. The van der Waals surface area contributed by atoms with Gasteiger partial charge in [0.05, 0.1) is 5.38 Å². The highest BCUT2D eigenvalue weighted by Crippen LogP contribution is 2.22. The third-order valence-electron chi connectivity index (χ3n) is 1.94. The zero-order chi connectivity index (χ0) is 9.30. The molecular formula is C7H10ClNO3. The fraction of sp³-hybridized carbons (Fsp3) is 0.714. The monoisotopic (exact) mass is 191 g/mol. The van der Waals surface area contributed by atoms with Gasteiger partial charge in [-0.25, -0.2) is 4.79 Å². The molecule has 0 bridgehead atoms. The molecule has 68 valence electrons. The normalized spacial score (nSPS) is 29.0. The lowest BCUT2D eigenvalue weighted by molar-refractivity contribution is -0.147. The number of alkyl halides is 1. The molecule has 0 aromatic carbocycles. The van der Waals surface area contributed by atoms with E-state index in [2.05, 4.69) is 0 Å². The Bertz CT molecular complexity index is 197. The number of carboxylic acid groups (broad SMARTS) is 1. The van der Waals surface area contributed by atoms with E-state index >= 15 is 0 Å². The number of amides is 1. The van der Waals surface area contributed by atoms with Crippen molar-refractivity contribution in [2.75, 3.05) is 6.54 Å². The number of carboxylic acids is 1. The maximum Gasteiger partial charge on any atom is 0.326 e. The Balaban J connectivity index is 2.72. The van der Waals surface area contributed by atoms with Gasteiger partial charge in [-0.05, 0) is 6.42 Å². The van der Waals surface area contributed by atoms with Crippen molar-refractivity contribution in [2.45, 2.75) is 24.8 Å². The van der Waals surface area contributed by atoms with Gasteiger partial charge in [0.2, 0.25) is 5.91 Å². The number of aliphatic carboxylic acids is 1. The molecule has 0 aliphatic carbocycles. The van der Waals surface area contributed by atoms with E-state index in [4.69, 9.17) is 16.7 Å². The van der Waals surface area contributed by atoms with E-state index in [1.54, 1.807) is 0 Å². The van der Waals surface area contributed by atoms with Crippen LogP contribution in [-0.4, -0.2) is 39.8 Å². The summed E-state index contributed by atoms with van der Waals surface area (Å²) in [6, 6.07) is -0.731. The van der Waals surface area contributed by atoms with Gasteiger partial charge < -0.3 is 10.0 Å². The van der Waals surface area contributed by atoms with E-state index < -0.39 is 12.0 Å². The lowest BCUT2D eigenvalue weighted by atomic mass is 10.2. The van der Waals surface area contributed by atoms with Crippen molar-refractivity contribution in [1.29, 1.82) is 0 Å². The summed E-state index contributed by atoms with van der Waals surface area (Å²) in [6.07, 6.45) is 0.344. The molecule has 12 heavy (non-hydrogen) atoms. The lowest BCUT2D eigenvalue weighted by Gasteiger charge is -2.18. The summed E-state index contributed by atoms with van der Waals surface area (Å²) >= 11 is 5.73. The Morgan fingerprint density at radius 2 is 2.17 bits per heavy atom. The topological polar surface area (TPSA) is 57.6 Å². The van der Waals surface area contributed by atoms with Crippen LogP contribution in [-0.2, 0) is 9.59 Å². The predicted molar refractivity (Wildman–Crippen MR) is 43.1 cm³/mol. The largest absolute Gasteiger partial charge is 0.480 e. The van der Waals surface area contributed by atoms with Crippen LogP contribution in [0.1, 0.15) is 13.3 Å². The first-order valence-corrected chi connectivity index (χ1v) is 4.10. The van der Waals surface area contributed by atoms with Crippen molar-refractivity contribution >= 4 is 23.5 Å². The van der Waals surface area contributed by atoms with E-state index in [1.165, 1.54) is 11.8 Å². The van der Waals surface area contributed by atoms with Crippen molar-refractivity contribution in [3.8, 4) is 0 Å². The molecule has 1 saturated heterocycles. The highest BCUT2D eigenvalue weighted by molar-refractivity contribution is 6.21. The molecule has 1 fully saturated rings. The maximum absolute atomic E-state index is 10.9. The van der Waals surface area contributed by atoms with E-state index in [-0.39, 0.29) is 11.3 Å². The van der Waals surface area contributed by atoms with Crippen molar-refractivity contribution in [1.82, 2.24) is 4.90 Å². The van der Waals surface area contributed by atoms with E-state index in [0.29, 0.717) is 13.0 Å². The first-order valence-electron chi connectivity index (χ1n) is 3.66. The molecule has 0 saturated carbocycles. The summed E-state index contributed by atoms with van der Waals surface area (Å²) in [5, 5.41) is 8.47. The third-order valence-corrected chi connectivity index (χ3v) is 2.26. The van der Waals surface area contributed by atoms with Crippen molar-refractivity contribution in [3.63, 3.8) is 0 Å². The van der Waals surface area contributed by atoms with Gasteiger partial charge in [-0.1, -0.05) is 0 Å². The second-order valence-corrected chi connectivity index (χ2v) is 3.48. The zero-order valence-corrected chi connectivity index (χ0v) is 7.41. The van der Waals surface area contributed by atoms with Gasteiger partial charge >= 0.3 is 5.97 Å². The van der Waals surface area contributed by atoms with E-state index in [1.807, 2.05) is 0 Å². The summed E-state index contributed by atoms with van der Waals surface area (Å²) in [4.78, 5) is 22.8. The molecule has 0 aromatic rings. The average Bonchev–Trinajstić information content (AvgIpc) is 2.31. The second-order valence-electron chi connectivity index (χ2n) is 2.86. The summed E-state index contributed by atoms with van der Waals surface area (Å²) in [5.41, 5.74) is 0. The molecule has 1 amide bonds. The minimum absolute atomic E-state index is 0.227. The Morgan fingerprint density at radius 3 is 2.50 bits per heavy atom. The number of carbonyl (C=O) groups is 2. The van der Waals surface area contributed by atoms with Crippen molar-refractivity contribution in [3.05, 3.63) is 0 Å². The third kappa shape index (κ3) is 1.69. The molecule has 1 heterocycles. The number of likely N-dealkylation sites (tertiary alicyclic amines) is 1. The highest BCUT2D eigenvalue weighted by Gasteiger charge is 2.37. The molecule has 1 N–H and O–H groups in total. The van der Waals surface area contributed by atoms with Gasteiger partial charge in [-0.3, -0.25) is 4.79 Å². The number of halogens is 1. The van der Waals surface area contributed by atoms with Crippen molar-refractivity contribution < 1.29 is 14.7 Å². The van der Waals surface area contributed by atoms with Crippen LogP contribution in [0.5, 0.6) is 0 Å². The molecule has 0 radical (unpaired) electrons. The van der Waals surface area contributed by atoms with Crippen LogP contribution in [0.3, 0.4) is 0 Å². The first kappa shape index (κ1) is 9.32. The lowest BCUT2D eigenvalue weighted by Crippen LogP contribution is -2.39. The standard InChI is InChI=1S/C7H10ClNO3/c1-4(10)9-3-5(8)2-6(9)7(11)12/h5-6H,2-3H2,1H3,(H,11,12)/t5-,6-/m0/s1. The van der Waals surface area contributed by atoms with Gasteiger partial charge in [0, 0.05) is 13.5 Å². The van der Waals surface area contributed by atoms with Crippen molar-refractivity contribution in [2.24, 2.45) is 0 Å². The molecular weight excluding hydrogens is 182 g/mol. The van der Waals surface area contributed by atoms with Crippen LogP contribution < -0.4 is 0 Å². The van der Waals surface area contributed by atoms with Gasteiger partial charge in [-0.2, -0.15) is 0 Å². The Kier molecular flexibility index (Phi) is 2.57. The molecule has 4 nitrogen and oxygen atoms in total. The number of hydrogen-bond donors (Lipinski definition) is 1. The van der Waals surface area contributed by atoms with Gasteiger partial charge in [-0.15, -0.1) is 11.6 Å². The smallest absolute Gasteiger partial charge is 0.326 e. The van der Waals surface area contributed by atoms with Crippen LogP contribution in [0.15, 0.2) is 0 Å². The summed E-state index contributed by atoms with van der Waals surface area (Å²) in [6.45, 7) is 1.69. The van der Waals surface area contributed by atoms with Gasteiger partial charge in [0.25, 0.3) is 0 Å². The Labute approximate surface area is 75.1 Å². The van der Waals surface area contributed by atoms with Gasteiger partial charge in [0.1, 0.15) is 6.04 Å². The van der Waals surface area contributed by atoms with Crippen LogP contribution >= 0.6 is 11.6 Å².